The van der Waals surface area contributed by atoms with Crippen LogP contribution in [-0.4, -0.2) is 34.1 Å². The molecule has 1 saturated heterocycles. The maximum atomic E-state index is 5.98. The number of rotatable bonds is 3. The minimum Gasteiger partial charge on any atom is -0.487 e. The summed E-state index contributed by atoms with van der Waals surface area (Å²) in [4.78, 5) is 14.6. The molecule has 1 aliphatic heterocycles. The van der Waals surface area contributed by atoms with Crippen LogP contribution in [0.2, 0.25) is 0 Å². The SMILES string of the molecule is Brc1cnccc1OC1CCN(c2cnccn2)C1. The second-order valence-electron chi connectivity index (χ2n) is 4.34. The summed E-state index contributed by atoms with van der Waals surface area (Å²) in [6, 6.07) is 1.87. The van der Waals surface area contributed by atoms with Crippen LogP contribution < -0.4 is 9.64 Å². The number of aromatic nitrogens is 3. The van der Waals surface area contributed by atoms with Crippen molar-refractivity contribution in [1.29, 1.82) is 0 Å². The third-order valence-electron chi connectivity index (χ3n) is 3.05. The van der Waals surface area contributed by atoms with Crippen LogP contribution in [-0.2, 0) is 0 Å². The molecule has 1 atom stereocenters. The number of halogens is 1. The second kappa shape index (κ2) is 5.52. The fourth-order valence-electron chi connectivity index (χ4n) is 2.12. The molecule has 98 valence electrons. The molecule has 0 radical (unpaired) electrons. The van der Waals surface area contributed by atoms with Gasteiger partial charge in [0.15, 0.2) is 0 Å². The van der Waals surface area contributed by atoms with Crippen LogP contribution in [0.25, 0.3) is 0 Å². The van der Waals surface area contributed by atoms with Gasteiger partial charge in [-0.25, -0.2) is 4.98 Å². The highest BCUT2D eigenvalue weighted by molar-refractivity contribution is 9.10. The largest absolute Gasteiger partial charge is 0.487 e. The normalized spacial score (nSPS) is 18.6. The molecule has 6 heteroatoms. The summed E-state index contributed by atoms with van der Waals surface area (Å²) in [6.07, 6.45) is 9.79. The van der Waals surface area contributed by atoms with Gasteiger partial charge in [0.1, 0.15) is 17.7 Å². The zero-order valence-electron chi connectivity index (χ0n) is 10.2. The molecule has 0 aromatic carbocycles. The molecule has 2 aromatic heterocycles. The lowest BCUT2D eigenvalue weighted by Crippen LogP contribution is -2.25. The van der Waals surface area contributed by atoms with Gasteiger partial charge < -0.3 is 9.64 Å². The average molecular weight is 321 g/mol. The first-order chi connectivity index (χ1) is 9.33. The Morgan fingerprint density at radius 3 is 2.89 bits per heavy atom. The molecule has 0 saturated carbocycles. The molecule has 0 amide bonds. The monoisotopic (exact) mass is 320 g/mol. The predicted molar refractivity (Wildman–Crippen MR) is 75.2 cm³/mol. The first kappa shape index (κ1) is 12.3. The smallest absolute Gasteiger partial charge is 0.147 e. The van der Waals surface area contributed by atoms with Crippen LogP contribution in [0, 0.1) is 0 Å². The minimum atomic E-state index is 0.167. The fraction of sp³-hybridized carbons (Fsp3) is 0.308. The summed E-state index contributed by atoms with van der Waals surface area (Å²) in [6.45, 7) is 1.76. The van der Waals surface area contributed by atoms with E-state index in [1.165, 1.54) is 0 Å². The van der Waals surface area contributed by atoms with Gasteiger partial charge in [0, 0.05) is 37.8 Å². The standard InChI is InChI=1S/C13H13BrN4O/c14-11-7-15-3-1-12(11)19-10-2-6-18(9-10)13-8-16-4-5-17-13/h1,3-5,7-8,10H,2,6,9H2. The molecule has 5 nitrogen and oxygen atoms in total. The number of nitrogens with zero attached hydrogens (tertiary/aromatic N) is 4. The van der Waals surface area contributed by atoms with E-state index in [2.05, 4.69) is 35.8 Å². The van der Waals surface area contributed by atoms with Crippen LogP contribution >= 0.6 is 15.9 Å². The van der Waals surface area contributed by atoms with Gasteiger partial charge in [-0.2, -0.15) is 0 Å². The Kier molecular flexibility index (Phi) is 3.59. The molecule has 0 N–H and O–H groups in total. The number of ether oxygens (including phenoxy) is 1. The number of hydrogen-bond acceptors (Lipinski definition) is 5. The Morgan fingerprint density at radius 1 is 1.21 bits per heavy atom. The Labute approximate surface area is 119 Å². The van der Waals surface area contributed by atoms with E-state index in [0.717, 1.165) is 35.6 Å². The van der Waals surface area contributed by atoms with Crippen LogP contribution in [0.15, 0.2) is 41.5 Å². The fourth-order valence-corrected chi connectivity index (χ4v) is 2.47. The summed E-state index contributed by atoms with van der Waals surface area (Å²) >= 11 is 3.44. The lowest BCUT2D eigenvalue weighted by Gasteiger charge is -2.17. The average Bonchev–Trinajstić information content (AvgIpc) is 2.91. The third kappa shape index (κ3) is 2.84. The zero-order chi connectivity index (χ0) is 13.1. The maximum Gasteiger partial charge on any atom is 0.147 e. The highest BCUT2D eigenvalue weighted by Crippen LogP contribution is 2.27. The van der Waals surface area contributed by atoms with Crippen molar-refractivity contribution in [3.63, 3.8) is 0 Å². The number of anilines is 1. The first-order valence-corrected chi connectivity index (χ1v) is 6.89. The molecule has 3 heterocycles. The highest BCUT2D eigenvalue weighted by Gasteiger charge is 2.25. The van der Waals surface area contributed by atoms with Gasteiger partial charge in [-0.1, -0.05) is 0 Å². The maximum absolute atomic E-state index is 5.98. The Bertz CT molecular complexity index is 551. The molecule has 0 bridgehead atoms. The summed E-state index contributed by atoms with van der Waals surface area (Å²) in [7, 11) is 0. The van der Waals surface area contributed by atoms with Crippen molar-refractivity contribution in [1.82, 2.24) is 15.0 Å². The van der Waals surface area contributed by atoms with E-state index in [4.69, 9.17) is 4.74 Å². The first-order valence-electron chi connectivity index (χ1n) is 6.10. The molecule has 1 unspecified atom stereocenters. The molecular weight excluding hydrogens is 308 g/mol. The Morgan fingerprint density at radius 2 is 2.11 bits per heavy atom. The predicted octanol–water partition coefficient (Wildman–Crippen LogP) is 2.29. The van der Waals surface area contributed by atoms with Gasteiger partial charge in [0.2, 0.25) is 0 Å². The van der Waals surface area contributed by atoms with Crippen molar-refractivity contribution in [2.45, 2.75) is 12.5 Å². The van der Waals surface area contributed by atoms with Crippen LogP contribution in [0.5, 0.6) is 5.75 Å². The van der Waals surface area contributed by atoms with Gasteiger partial charge in [0.05, 0.1) is 17.2 Å². The second-order valence-corrected chi connectivity index (χ2v) is 5.20. The van der Waals surface area contributed by atoms with E-state index in [0.29, 0.717) is 0 Å². The van der Waals surface area contributed by atoms with Gasteiger partial charge >= 0.3 is 0 Å². The molecule has 3 rings (SSSR count). The Balaban J connectivity index is 1.65. The molecule has 2 aromatic rings. The summed E-state index contributed by atoms with van der Waals surface area (Å²) in [5, 5.41) is 0. The van der Waals surface area contributed by atoms with Crippen molar-refractivity contribution in [3.05, 3.63) is 41.5 Å². The molecule has 1 fully saturated rings. The lowest BCUT2D eigenvalue weighted by atomic mass is 10.3. The van der Waals surface area contributed by atoms with E-state index >= 15 is 0 Å². The summed E-state index contributed by atoms with van der Waals surface area (Å²) < 4.78 is 6.86. The van der Waals surface area contributed by atoms with Crippen molar-refractivity contribution in [2.75, 3.05) is 18.0 Å². The van der Waals surface area contributed by atoms with Gasteiger partial charge in [-0.05, 0) is 22.0 Å². The van der Waals surface area contributed by atoms with Crippen LogP contribution in [0.4, 0.5) is 5.82 Å². The summed E-state index contributed by atoms with van der Waals surface area (Å²) in [5.41, 5.74) is 0. The third-order valence-corrected chi connectivity index (χ3v) is 3.64. The number of pyridine rings is 1. The van der Waals surface area contributed by atoms with Crippen molar-refractivity contribution in [2.24, 2.45) is 0 Å². The quantitative estimate of drug-likeness (QED) is 0.868. The van der Waals surface area contributed by atoms with Crippen molar-refractivity contribution >= 4 is 21.7 Å². The number of hydrogen-bond donors (Lipinski definition) is 0. The highest BCUT2D eigenvalue weighted by atomic mass is 79.9. The van der Waals surface area contributed by atoms with Crippen LogP contribution in [0.1, 0.15) is 6.42 Å². The topological polar surface area (TPSA) is 51.1 Å². The van der Waals surface area contributed by atoms with E-state index < -0.39 is 0 Å². The van der Waals surface area contributed by atoms with Gasteiger partial charge in [-0.15, -0.1) is 0 Å². The van der Waals surface area contributed by atoms with Crippen molar-refractivity contribution in [3.8, 4) is 5.75 Å². The van der Waals surface area contributed by atoms with E-state index in [-0.39, 0.29) is 6.10 Å². The molecule has 0 spiro atoms. The lowest BCUT2D eigenvalue weighted by molar-refractivity contribution is 0.223. The van der Waals surface area contributed by atoms with Crippen molar-refractivity contribution < 1.29 is 4.74 Å². The molecule has 19 heavy (non-hydrogen) atoms. The van der Waals surface area contributed by atoms with Gasteiger partial charge in [0.25, 0.3) is 0 Å². The van der Waals surface area contributed by atoms with Gasteiger partial charge in [-0.3, -0.25) is 9.97 Å². The Hall–Kier alpha value is -1.69. The van der Waals surface area contributed by atoms with Crippen LogP contribution in [0.3, 0.4) is 0 Å². The minimum absolute atomic E-state index is 0.167. The zero-order valence-corrected chi connectivity index (χ0v) is 11.8. The molecule has 0 aliphatic carbocycles. The van der Waals surface area contributed by atoms with E-state index in [9.17, 15) is 0 Å². The molecular formula is C13H13BrN4O. The molecule has 1 aliphatic rings. The van der Waals surface area contributed by atoms with E-state index in [1.54, 1.807) is 31.0 Å². The van der Waals surface area contributed by atoms with E-state index in [1.807, 2.05) is 6.07 Å². The summed E-state index contributed by atoms with van der Waals surface area (Å²) in [5.74, 6) is 1.74.